The molecule has 0 spiro atoms. The van der Waals surface area contributed by atoms with Crippen LogP contribution in [0.25, 0.3) is 0 Å². The van der Waals surface area contributed by atoms with Gasteiger partial charge in [-0.3, -0.25) is 9.69 Å². The number of hydrogen-bond donors (Lipinski definition) is 1. The zero-order valence-corrected chi connectivity index (χ0v) is 19.7. The van der Waals surface area contributed by atoms with Crippen LogP contribution in [0.3, 0.4) is 0 Å². The second-order valence-corrected chi connectivity index (χ2v) is 8.72. The van der Waals surface area contributed by atoms with E-state index in [-0.39, 0.29) is 32.0 Å². The zero-order valence-electron chi connectivity index (χ0n) is 19.7. The molecule has 1 fully saturated rings. The average Bonchev–Trinajstić information content (AvgIpc) is 2.69. The number of carbonyl (C=O) groups excluding carboxylic acids is 3. The van der Waals surface area contributed by atoms with Crippen molar-refractivity contribution in [2.45, 2.75) is 90.5 Å². The minimum atomic E-state index is -1.49. The Balaban J connectivity index is 2.90. The highest BCUT2D eigenvalue weighted by molar-refractivity contribution is 5.80. The maximum Gasteiger partial charge on any atom is 0.343 e. The van der Waals surface area contributed by atoms with Crippen molar-refractivity contribution < 1.29 is 33.3 Å². The maximum absolute atomic E-state index is 12.7. The van der Waals surface area contributed by atoms with Gasteiger partial charge in [-0.25, -0.2) is 9.59 Å². The second kappa shape index (κ2) is 13.0. The average molecular weight is 445 g/mol. The van der Waals surface area contributed by atoms with Gasteiger partial charge in [0, 0.05) is 19.5 Å². The number of nitrogens with two attached hydrogens (primary N) is 1. The van der Waals surface area contributed by atoms with Crippen molar-refractivity contribution >= 4 is 17.9 Å². The predicted octanol–water partition coefficient (Wildman–Crippen LogP) is 2.15. The smallest absolute Gasteiger partial charge is 0.343 e. The Hall–Kier alpha value is -1.71. The molecule has 1 aliphatic heterocycles. The summed E-state index contributed by atoms with van der Waals surface area (Å²) in [5.41, 5.74) is 4.31. The van der Waals surface area contributed by atoms with Crippen LogP contribution in [-0.4, -0.2) is 73.1 Å². The fourth-order valence-electron chi connectivity index (χ4n) is 3.36. The third-order valence-electron chi connectivity index (χ3n) is 4.88. The molecule has 2 unspecified atom stereocenters. The topological polar surface area (TPSA) is 117 Å². The molecule has 0 amide bonds. The van der Waals surface area contributed by atoms with Gasteiger partial charge in [-0.1, -0.05) is 6.42 Å². The van der Waals surface area contributed by atoms with Crippen molar-refractivity contribution in [3.63, 3.8) is 0 Å². The molecule has 2 N–H and O–H groups in total. The normalized spacial score (nSPS) is 18.0. The van der Waals surface area contributed by atoms with Gasteiger partial charge < -0.3 is 24.7 Å². The van der Waals surface area contributed by atoms with Gasteiger partial charge in [-0.05, 0) is 60.3 Å². The summed E-state index contributed by atoms with van der Waals surface area (Å²) in [7, 11) is 0. The summed E-state index contributed by atoms with van der Waals surface area (Å²) >= 11 is 0. The predicted molar refractivity (Wildman–Crippen MR) is 115 cm³/mol. The first-order valence-electron chi connectivity index (χ1n) is 11.2. The van der Waals surface area contributed by atoms with Crippen molar-refractivity contribution in [3.8, 4) is 0 Å². The number of ether oxygens (including phenoxy) is 4. The lowest BCUT2D eigenvalue weighted by Gasteiger charge is -2.41. The lowest BCUT2D eigenvalue weighted by Crippen LogP contribution is -2.66. The second-order valence-electron chi connectivity index (χ2n) is 8.72. The minimum Gasteiger partial charge on any atom is -0.466 e. The minimum absolute atomic E-state index is 0.161. The molecule has 1 saturated heterocycles. The first-order valence-corrected chi connectivity index (χ1v) is 11.2. The number of hydrogen-bond acceptors (Lipinski definition) is 9. The van der Waals surface area contributed by atoms with E-state index >= 15 is 0 Å². The van der Waals surface area contributed by atoms with Gasteiger partial charge >= 0.3 is 17.9 Å². The summed E-state index contributed by atoms with van der Waals surface area (Å²) in [5, 5.41) is 0. The monoisotopic (exact) mass is 444 g/mol. The van der Waals surface area contributed by atoms with E-state index in [2.05, 4.69) is 0 Å². The molecule has 1 aliphatic rings. The van der Waals surface area contributed by atoms with Crippen LogP contribution in [0.1, 0.15) is 73.1 Å². The Morgan fingerprint density at radius 2 is 1.61 bits per heavy atom. The molecule has 180 valence electrons. The maximum atomic E-state index is 12.7. The molecule has 1 heterocycles. The van der Waals surface area contributed by atoms with E-state index < -0.39 is 29.3 Å². The number of piperidine rings is 1. The van der Waals surface area contributed by atoms with Crippen LogP contribution in [-0.2, 0) is 33.3 Å². The van der Waals surface area contributed by atoms with Crippen LogP contribution in [0, 0.1) is 0 Å². The molecule has 2 atom stereocenters. The zero-order chi connectivity index (χ0) is 23.5. The standard InChI is InChI=1S/C22H40N2O7/c1-6-28-18(25)13-11-12-17(19(26)31-21(3,4)5)30-16-22(23,20(27)29-7-2)24-14-9-8-10-15-24/h17H,6-16,23H2,1-5H3. The first-order chi connectivity index (χ1) is 14.5. The van der Waals surface area contributed by atoms with Crippen LogP contribution >= 0.6 is 0 Å². The Labute approximate surface area is 185 Å². The molecule has 9 heteroatoms. The summed E-state index contributed by atoms with van der Waals surface area (Å²) in [6, 6.07) is 0. The summed E-state index contributed by atoms with van der Waals surface area (Å²) in [5.74, 6) is -1.47. The Morgan fingerprint density at radius 3 is 2.16 bits per heavy atom. The molecule has 9 nitrogen and oxygen atoms in total. The van der Waals surface area contributed by atoms with Crippen LogP contribution in [0.5, 0.6) is 0 Å². The third kappa shape index (κ3) is 9.53. The highest BCUT2D eigenvalue weighted by Crippen LogP contribution is 2.22. The molecular weight excluding hydrogens is 404 g/mol. The molecule has 0 aliphatic carbocycles. The van der Waals surface area contributed by atoms with E-state index in [0.717, 1.165) is 19.3 Å². The fourth-order valence-corrected chi connectivity index (χ4v) is 3.36. The van der Waals surface area contributed by atoms with E-state index in [9.17, 15) is 14.4 Å². The summed E-state index contributed by atoms with van der Waals surface area (Å²) in [6.07, 6.45) is 2.74. The van der Waals surface area contributed by atoms with Crippen LogP contribution in [0.2, 0.25) is 0 Å². The highest BCUT2D eigenvalue weighted by atomic mass is 16.6. The number of likely N-dealkylation sites (tertiary alicyclic amines) is 1. The quantitative estimate of drug-likeness (QED) is 0.357. The molecule has 0 saturated carbocycles. The SMILES string of the molecule is CCOC(=O)CCCC(OCC(N)(C(=O)OCC)N1CCCCC1)C(=O)OC(C)(C)C. The van der Waals surface area contributed by atoms with E-state index in [1.807, 2.05) is 4.90 Å². The van der Waals surface area contributed by atoms with Gasteiger partial charge in [0.25, 0.3) is 0 Å². The van der Waals surface area contributed by atoms with Crippen LogP contribution in [0.15, 0.2) is 0 Å². The molecule has 0 radical (unpaired) electrons. The van der Waals surface area contributed by atoms with Crippen molar-refractivity contribution in [2.24, 2.45) is 5.73 Å². The Kier molecular flexibility index (Phi) is 11.4. The molecule has 0 aromatic carbocycles. The summed E-state index contributed by atoms with van der Waals surface area (Å²) < 4.78 is 21.5. The van der Waals surface area contributed by atoms with Gasteiger partial charge in [0.1, 0.15) is 5.60 Å². The van der Waals surface area contributed by atoms with Crippen molar-refractivity contribution in [3.05, 3.63) is 0 Å². The van der Waals surface area contributed by atoms with Gasteiger partial charge in [0.2, 0.25) is 0 Å². The van der Waals surface area contributed by atoms with E-state index in [0.29, 0.717) is 26.1 Å². The van der Waals surface area contributed by atoms with E-state index in [1.54, 1.807) is 34.6 Å². The van der Waals surface area contributed by atoms with E-state index in [1.165, 1.54) is 0 Å². The van der Waals surface area contributed by atoms with Gasteiger partial charge in [-0.15, -0.1) is 0 Å². The lowest BCUT2D eigenvalue weighted by molar-refractivity contribution is -0.179. The number of rotatable bonds is 12. The van der Waals surface area contributed by atoms with Gasteiger partial charge in [-0.2, -0.15) is 0 Å². The summed E-state index contributed by atoms with van der Waals surface area (Å²) in [4.78, 5) is 38.9. The molecule has 0 aromatic heterocycles. The first kappa shape index (κ1) is 27.3. The van der Waals surface area contributed by atoms with Crippen LogP contribution in [0.4, 0.5) is 0 Å². The fraction of sp³-hybridized carbons (Fsp3) is 0.864. The van der Waals surface area contributed by atoms with Crippen molar-refractivity contribution in [2.75, 3.05) is 32.9 Å². The van der Waals surface area contributed by atoms with Crippen molar-refractivity contribution in [1.82, 2.24) is 4.90 Å². The largest absolute Gasteiger partial charge is 0.466 e. The lowest BCUT2D eigenvalue weighted by atomic mass is 10.0. The van der Waals surface area contributed by atoms with Gasteiger partial charge in [0.05, 0.1) is 19.8 Å². The van der Waals surface area contributed by atoms with Crippen molar-refractivity contribution in [1.29, 1.82) is 0 Å². The Bertz CT molecular complexity index is 585. The Morgan fingerprint density at radius 1 is 1.00 bits per heavy atom. The molecular formula is C22H40N2O7. The number of carbonyl (C=O) groups is 3. The number of esters is 3. The van der Waals surface area contributed by atoms with E-state index in [4.69, 9.17) is 24.7 Å². The van der Waals surface area contributed by atoms with Gasteiger partial charge in [0.15, 0.2) is 11.8 Å². The molecule has 1 rings (SSSR count). The molecule has 0 aromatic rings. The molecule has 0 bridgehead atoms. The third-order valence-corrected chi connectivity index (χ3v) is 4.88. The van der Waals surface area contributed by atoms with Crippen LogP contribution < -0.4 is 5.73 Å². The number of nitrogens with zero attached hydrogens (tertiary/aromatic N) is 1. The molecule has 31 heavy (non-hydrogen) atoms. The summed E-state index contributed by atoms with van der Waals surface area (Å²) in [6.45, 7) is 10.3. The highest BCUT2D eigenvalue weighted by Gasteiger charge is 2.44.